The highest BCUT2D eigenvalue weighted by molar-refractivity contribution is 7.10. The van der Waals surface area contributed by atoms with E-state index in [0.717, 1.165) is 19.4 Å². The van der Waals surface area contributed by atoms with Gasteiger partial charge in [-0.2, -0.15) is 0 Å². The van der Waals surface area contributed by atoms with Crippen molar-refractivity contribution in [2.45, 2.75) is 32.2 Å². The van der Waals surface area contributed by atoms with Gasteiger partial charge >= 0.3 is 6.03 Å². The Hall–Kier alpha value is -1.40. The standard InChI is InChI=1S/C14H19N3O2S/c1-2-11-10-5-8-20-12(10)4-7-16(11)9-17-13(18)3-6-15-14(17)19/h5,8,11H,2-4,6-7,9H2,1H3,(H,15,19)/t11-/m0/s1. The number of rotatable bonds is 3. The first-order chi connectivity index (χ1) is 9.70. The zero-order chi connectivity index (χ0) is 14.1. The Bertz CT molecular complexity index is 512. The Labute approximate surface area is 122 Å². The van der Waals surface area contributed by atoms with Gasteiger partial charge in [0.15, 0.2) is 0 Å². The Balaban J connectivity index is 1.77. The number of hydrogen-bond acceptors (Lipinski definition) is 4. The molecule has 6 heteroatoms. The number of carbonyl (C=O) groups excluding carboxylic acids is 2. The average Bonchev–Trinajstić information content (AvgIpc) is 2.91. The predicted octanol–water partition coefficient (Wildman–Crippen LogP) is 1.96. The molecule has 1 atom stereocenters. The first-order valence-corrected chi connectivity index (χ1v) is 7.97. The molecule has 0 unspecified atom stereocenters. The average molecular weight is 293 g/mol. The van der Waals surface area contributed by atoms with Crippen molar-refractivity contribution in [3.05, 3.63) is 21.9 Å². The number of hydrogen-bond donors (Lipinski definition) is 1. The third-order valence-corrected chi connectivity index (χ3v) is 5.07. The Morgan fingerprint density at radius 1 is 1.40 bits per heavy atom. The van der Waals surface area contributed by atoms with E-state index >= 15 is 0 Å². The lowest BCUT2D eigenvalue weighted by molar-refractivity contribution is -0.131. The summed E-state index contributed by atoms with van der Waals surface area (Å²) in [6, 6.07) is 2.23. The van der Waals surface area contributed by atoms with Gasteiger partial charge in [0.05, 0.1) is 6.67 Å². The quantitative estimate of drug-likeness (QED) is 0.927. The predicted molar refractivity (Wildman–Crippen MR) is 77.5 cm³/mol. The third kappa shape index (κ3) is 2.33. The molecule has 1 aromatic rings. The molecule has 0 aliphatic carbocycles. The number of thiophene rings is 1. The molecule has 1 fully saturated rings. The first kappa shape index (κ1) is 13.6. The molecule has 1 aromatic heterocycles. The van der Waals surface area contributed by atoms with Crippen molar-refractivity contribution in [3.63, 3.8) is 0 Å². The van der Waals surface area contributed by atoms with Crippen LogP contribution < -0.4 is 5.32 Å². The maximum Gasteiger partial charge on any atom is 0.325 e. The van der Waals surface area contributed by atoms with Gasteiger partial charge in [0, 0.05) is 30.4 Å². The zero-order valence-corrected chi connectivity index (χ0v) is 12.4. The second kappa shape index (κ2) is 5.54. The lowest BCUT2D eigenvalue weighted by Crippen LogP contribution is -2.54. The summed E-state index contributed by atoms with van der Waals surface area (Å²) in [7, 11) is 0. The lowest BCUT2D eigenvalue weighted by atomic mass is 9.98. The van der Waals surface area contributed by atoms with E-state index in [1.54, 1.807) is 0 Å². The van der Waals surface area contributed by atoms with Crippen LogP contribution in [-0.4, -0.2) is 41.5 Å². The van der Waals surface area contributed by atoms with Crippen LogP contribution in [0.4, 0.5) is 4.79 Å². The molecule has 2 aliphatic heterocycles. The fourth-order valence-electron chi connectivity index (χ4n) is 3.04. The second-order valence-corrected chi connectivity index (χ2v) is 6.23. The van der Waals surface area contributed by atoms with Gasteiger partial charge < -0.3 is 5.32 Å². The number of imide groups is 1. The molecule has 20 heavy (non-hydrogen) atoms. The van der Waals surface area contributed by atoms with Gasteiger partial charge in [-0.25, -0.2) is 4.79 Å². The summed E-state index contributed by atoms with van der Waals surface area (Å²) >= 11 is 1.81. The molecule has 0 bridgehead atoms. The molecule has 0 aromatic carbocycles. The molecule has 0 spiro atoms. The normalized spacial score (nSPS) is 23.6. The van der Waals surface area contributed by atoms with Crippen LogP contribution in [0.1, 0.15) is 36.2 Å². The van der Waals surface area contributed by atoms with Crippen LogP contribution in [0.2, 0.25) is 0 Å². The van der Waals surface area contributed by atoms with Crippen molar-refractivity contribution in [2.75, 3.05) is 19.8 Å². The number of carbonyl (C=O) groups is 2. The highest BCUT2D eigenvalue weighted by Gasteiger charge is 2.32. The summed E-state index contributed by atoms with van der Waals surface area (Å²) in [6.45, 7) is 3.92. The number of nitrogens with zero attached hydrogens (tertiary/aromatic N) is 2. The fraction of sp³-hybridized carbons (Fsp3) is 0.571. The van der Waals surface area contributed by atoms with Crippen LogP contribution in [0.5, 0.6) is 0 Å². The lowest BCUT2D eigenvalue weighted by Gasteiger charge is -2.39. The molecule has 3 heterocycles. The van der Waals surface area contributed by atoms with Crippen LogP contribution in [0.15, 0.2) is 11.4 Å². The van der Waals surface area contributed by atoms with E-state index in [4.69, 9.17) is 0 Å². The molecule has 1 N–H and O–H groups in total. The van der Waals surface area contributed by atoms with Crippen molar-refractivity contribution in [3.8, 4) is 0 Å². The first-order valence-electron chi connectivity index (χ1n) is 7.09. The number of urea groups is 1. The maximum absolute atomic E-state index is 11.9. The monoisotopic (exact) mass is 293 g/mol. The Morgan fingerprint density at radius 3 is 3.00 bits per heavy atom. The SMILES string of the molecule is CC[C@H]1c2ccsc2CCN1CN1C(=O)CCNC1=O. The van der Waals surface area contributed by atoms with E-state index in [0.29, 0.717) is 25.7 Å². The van der Waals surface area contributed by atoms with Gasteiger partial charge in [-0.3, -0.25) is 14.6 Å². The Kier molecular flexibility index (Phi) is 3.76. The van der Waals surface area contributed by atoms with E-state index in [1.165, 1.54) is 15.3 Å². The minimum Gasteiger partial charge on any atom is -0.337 e. The second-order valence-electron chi connectivity index (χ2n) is 5.23. The highest BCUT2D eigenvalue weighted by atomic mass is 32.1. The molecule has 0 radical (unpaired) electrons. The Morgan fingerprint density at radius 2 is 2.25 bits per heavy atom. The van der Waals surface area contributed by atoms with Crippen molar-refractivity contribution in [2.24, 2.45) is 0 Å². The molecule has 3 amide bonds. The molecule has 0 saturated carbocycles. The molecule has 2 aliphatic rings. The molecule has 1 saturated heterocycles. The fourth-order valence-corrected chi connectivity index (χ4v) is 3.97. The van der Waals surface area contributed by atoms with Crippen LogP contribution in [0.25, 0.3) is 0 Å². The smallest absolute Gasteiger partial charge is 0.325 e. The molecule has 108 valence electrons. The molecule has 5 nitrogen and oxygen atoms in total. The van der Waals surface area contributed by atoms with Gasteiger partial charge in [0.2, 0.25) is 5.91 Å². The summed E-state index contributed by atoms with van der Waals surface area (Å²) in [5.41, 5.74) is 1.37. The van der Waals surface area contributed by atoms with Crippen molar-refractivity contribution >= 4 is 23.3 Å². The maximum atomic E-state index is 11.9. The van der Waals surface area contributed by atoms with Crippen LogP contribution >= 0.6 is 11.3 Å². The molecular weight excluding hydrogens is 274 g/mol. The van der Waals surface area contributed by atoms with Crippen molar-refractivity contribution < 1.29 is 9.59 Å². The van der Waals surface area contributed by atoms with Gasteiger partial charge in [-0.15, -0.1) is 11.3 Å². The minimum atomic E-state index is -0.257. The van der Waals surface area contributed by atoms with E-state index in [-0.39, 0.29) is 11.9 Å². The van der Waals surface area contributed by atoms with Gasteiger partial charge in [-0.1, -0.05) is 6.92 Å². The number of amides is 3. The summed E-state index contributed by atoms with van der Waals surface area (Å²) in [6.07, 6.45) is 2.40. The van der Waals surface area contributed by atoms with Gasteiger partial charge in [-0.05, 0) is 29.9 Å². The zero-order valence-electron chi connectivity index (χ0n) is 11.6. The van der Waals surface area contributed by atoms with E-state index in [1.807, 2.05) is 11.3 Å². The third-order valence-electron chi connectivity index (χ3n) is 4.08. The van der Waals surface area contributed by atoms with Crippen LogP contribution in [-0.2, 0) is 11.2 Å². The minimum absolute atomic E-state index is 0.0697. The van der Waals surface area contributed by atoms with E-state index in [9.17, 15) is 9.59 Å². The summed E-state index contributed by atoms with van der Waals surface area (Å²) < 4.78 is 0. The van der Waals surface area contributed by atoms with Gasteiger partial charge in [0.25, 0.3) is 0 Å². The van der Waals surface area contributed by atoms with E-state index < -0.39 is 0 Å². The highest BCUT2D eigenvalue weighted by Crippen LogP contribution is 2.35. The summed E-state index contributed by atoms with van der Waals surface area (Å²) in [4.78, 5) is 28.8. The van der Waals surface area contributed by atoms with Crippen LogP contribution in [0, 0.1) is 0 Å². The molecular formula is C14H19N3O2S. The largest absolute Gasteiger partial charge is 0.337 e. The molecule has 3 rings (SSSR count). The van der Waals surface area contributed by atoms with Crippen LogP contribution in [0.3, 0.4) is 0 Å². The van der Waals surface area contributed by atoms with Crippen molar-refractivity contribution in [1.82, 2.24) is 15.1 Å². The number of fused-ring (bicyclic) bond motifs is 1. The van der Waals surface area contributed by atoms with E-state index in [2.05, 4.69) is 28.6 Å². The van der Waals surface area contributed by atoms with Gasteiger partial charge in [0.1, 0.15) is 0 Å². The summed E-state index contributed by atoms with van der Waals surface area (Å²) in [5, 5.41) is 4.88. The summed E-state index contributed by atoms with van der Waals surface area (Å²) in [5.74, 6) is -0.0697. The van der Waals surface area contributed by atoms with Crippen molar-refractivity contribution in [1.29, 1.82) is 0 Å². The topological polar surface area (TPSA) is 52.6 Å². The number of nitrogens with one attached hydrogen (secondary N) is 1.